The van der Waals surface area contributed by atoms with Gasteiger partial charge in [0.05, 0.1) is 11.9 Å². The Hall–Kier alpha value is -0.735. The molecule has 92 valence electrons. The molecule has 0 radical (unpaired) electrons. The number of hydrogen-bond acceptors (Lipinski definition) is 7. The van der Waals surface area contributed by atoms with Crippen molar-refractivity contribution in [2.24, 2.45) is 0 Å². The van der Waals surface area contributed by atoms with Gasteiger partial charge in [0.15, 0.2) is 0 Å². The van der Waals surface area contributed by atoms with E-state index in [1.165, 1.54) is 6.92 Å². The Kier molecular flexibility index (Phi) is 18.3. The van der Waals surface area contributed by atoms with Crippen LogP contribution < -0.4 is 47.9 Å². The maximum absolute atomic E-state index is 9.63. The summed E-state index contributed by atoms with van der Waals surface area (Å²) in [6.07, 6.45) is -4.88. The number of carboxylic acid groups (broad SMARTS) is 3. The number of carbonyl (C=O) groups excluding carboxylic acids is 2. The van der Waals surface area contributed by atoms with Gasteiger partial charge < -0.3 is 35.1 Å². The molecule has 10 heteroatoms. The molecule has 0 saturated carbocycles. The molecule has 0 fully saturated rings. The molecule has 18 heavy (non-hydrogen) atoms. The van der Waals surface area contributed by atoms with Crippen molar-refractivity contribution in [2.45, 2.75) is 19.1 Å². The topological polar surface area (TPSA) is 158 Å². The predicted molar refractivity (Wildman–Crippen MR) is 44.5 cm³/mol. The molecule has 0 aliphatic rings. The van der Waals surface area contributed by atoms with E-state index in [1.807, 2.05) is 0 Å². The van der Waals surface area contributed by atoms with Gasteiger partial charge in [-0.3, -0.25) is 0 Å². The van der Waals surface area contributed by atoms with Gasteiger partial charge in [0.25, 0.3) is 0 Å². The first-order chi connectivity index (χ1) is 7.11. The standard InChI is InChI=1S/C4H6O6.C4H6O2.2Li/c5-1(3(7)8)2(6)4(9)10;1-3(2)4(5)6;;/h1-2,5-6H,(H,7,8)(H,9,10);1H2,2H3,(H,5,6);;/q;;2*+1/p-2. The van der Waals surface area contributed by atoms with E-state index in [1.54, 1.807) is 0 Å². The van der Waals surface area contributed by atoms with Crippen molar-refractivity contribution < 1.29 is 77.6 Å². The zero-order valence-electron chi connectivity index (χ0n) is 10.2. The fourth-order valence-corrected chi connectivity index (χ4v) is 0.258. The molecule has 0 aromatic rings. The van der Waals surface area contributed by atoms with Crippen molar-refractivity contribution in [1.82, 2.24) is 0 Å². The van der Waals surface area contributed by atoms with E-state index in [0.717, 1.165) is 0 Å². The van der Waals surface area contributed by atoms with Crippen LogP contribution in [0.15, 0.2) is 12.2 Å². The summed E-state index contributed by atoms with van der Waals surface area (Å²) < 4.78 is 0. The molecule has 0 amide bonds. The van der Waals surface area contributed by atoms with E-state index in [4.69, 9.17) is 15.3 Å². The minimum Gasteiger partial charge on any atom is -0.547 e. The van der Waals surface area contributed by atoms with Crippen LogP contribution in [0.2, 0.25) is 0 Å². The number of hydrogen-bond donors (Lipinski definition) is 3. The number of carboxylic acids is 3. The van der Waals surface area contributed by atoms with Crippen LogP contribution in [0.3, 0.4) is 0 Å². The second-order valence-corrected chi connectivity index (χ2v) is 2.61. The van der Waals surface area contributed by atoms with E-state index >= 15 is 0 Å². The molecular formula is C8H10Li2O8. The Labute approximate surface area is 127 Å². The molecule has 0 aliphatic carbocycles. The molecule has 2 atom stereocenters. The van der Waals surface area contributed by atoms with Crippen molar-refractivity contribution >= 4 is 17.9 Å². The monoisotopic (exact) mass is 248 g/mol. The van der Waals surface area contributed by atoms with Gasteiger partial charge in [0.1, 0.15) is 12.2 Å². The van der Waals surface area contributed by atoms with Crippen molar-refractivity contribution in [3.8, 4) is 0 Å². The molecule has 0 saturated heterocycles. The van der Waals surface area contributed by atoms with Gasteiger partial charge in [0.2, 0.25) is 0 Å². The molecule has 3 N–H and O–H groups in total. The summed E-state index contributed by atoms with van der Waals surface area (Å²) in [5.41, 5.74) is 0.176. The Morgan fingerprint density at radius 1 is 1.00 bits per heavy atom. The third kappa shape index (κ3) is 13.3. The number of carbonyl (C=O) groups is 3. The van der Waals surface area contributed by atoms with Crippen molar-refractivity contribution in [1.29, 1.82) is 0 Å². The van der Waals surface area contributed by atoms with E-state index in [9.17, 15) is 24.6 Å². The quantitative estimate of drug-likeness (QED) is 0.326. The fraction of sp³-hybridized carbons (Fsp3) is 0.375. The molecule has 0 aliphatic heterocycles. The molecule has 8 nitrogen and oxygen atoms in total. The molecular weight excluding hydrogens is 238 g/mol. The SMILES string of the molecule is C=C(C)C(=O)O.O=C([O-])C(O)C(O)C(=O)[O-].[Li+].[Li+]. The number of aliphatic hydroxyl groups is 2. The first-order valence-corrected chi connectivity index (χ1v) is 3.77. The fourth-order valence-electron chi connectivity index (χ4n) is 0.258. The van der Waals surface area contributed by atoms with Gasteiger partial charge in [-0.05, 0) is 6.92 Å². The first-order valence-electron chi connectivity index (χ1n) is 3.77. The largest absolute Gasteiger partial charge is 1.00 e. The summed E-state index contributed by atoms with van der Waals surface area (Å²) in [6.45, 7) is 4.60. The van der Waals surface area contributed by atoms with Crippen LogP contribution in [-0.4, -0.2) is 45.4 Å². The van der Waals surface area contributed by atoms with E-state index < -0.39 is 30.1 Å². The van der Waals surface area contributed by atoms with Crippen molar-refractivity contribution in [3.63, 3.8) is 0 Å². The van der Waals surface area contributed by atoms with Gasteiger partial charge >= 0.3 is 43.7 Å². The second kappa shape index (κ2) is 12.7. The smallest absolute Gasteiger partial charge is 0.547 e. The Morgan fingerprint density at radius 2 is 1.17 bits per heavy atom. The number of aliphatic hydroxyl groups excluding tert-OH is 2. The zero-order valence-corrected chi connectivity index (χ0v) is 10.2. The van der Waals surface area contributed by atoms with Crippen molar-refractivity contribution in [2.75, 3.05) is 0 Å². The summed E-state index contributed by atoms with van der Waals surface area (Å²) in [4.78, 5) is 28.9. The summed E-state index contributed by atoms with van der Waals surface area (Å²) in [5.74, 6) is -5.05. The summed E-state index contributed by atoms with van der Waals surface area (Å²) in [6, 6.07) is 0. The average molecular weight is 248 g/mol. The maximum Gasteiger partial charge on any atom is 1.00 e. The van der Waals surface area contributed by atoms with Gasteiger partial charge in [0, 0.05) is 5.57 Å². The van der Waals surface area contributed by atoms with Crippen LogP contribution in [0.5, 0.6) is 0 Å². The third-order valence-corrected chi connectivity index (χ3v) is 1.15. The number of aliphatic carboxylic acids is 3. The van der Waals surface area contributed by atoms with Crippen LogP contribution >= 0.6 is 0 Å². The third-order valence-electron chi connectivity index (χ3n) is 1.15. The summed E-state index contributed by atoms with van der Waals surface area (Å²) in [5, 5.41) is 43.6. The molecule has 0 bridgehead atoms. The van der Waals surface area contributed by atoms with Crippen molar-refractivity contribution in [3.05, 3.63) is 12.2 Å². The second-order valence-electron chi connectivity index (χ2n) is 2.61. The van der Waals surface area contributed by atoms with Gasteiger partial charge in [-0.15, -0.1) is 0 Å². The Bertz CT molecular complexity index is 273. The van der Waals surface area contributed by atoms with Crippen LogP contribution in [0.4, 0.5) is 0 Å². The van der Waals surface area contributed by atoms with Crippen LogP contribution in [0.25, 0.3) is 0 Å². The summed E-state index contributed by atoms with van der Waals surface area (Å²) in [7, 11) is 0. The number of rotatable bonds is 4. The predicted octanol–water partition coefficient (Wildman–Crippen LogP) is -10.1. The van der Waals surface area contributed by atoms with Crippen LogP contribution in [0.1, 0.15) is 6.92 Å². The van der Waals surface area contributed by atoms with E-state index in [-0.39, 0.29) is 43.3 Å². The van der Waals surface area contributed by atoms with Gasteiger partial charge in [-0.2, -0.15) is 0 Å². The first kappa shape index (κ1) is 26.0. The van der Waals surface area contributed by atoms with Gasteiger partial charge in [-0.25, -0.2) is 4.79 Å². The molecule has 0 aromatic carbocycles. The van der Waals surface area contributed by atoms with Crippen LogP contribution in [0, 0.1) is 0 Å². The maximum atomic E-state index is 9.63. The zero-order chi connectivity index (χ0) is 13.5. The van der Waals surface area contributed by atoms with Crippen LogP contribution in [-0.2, 0) is 14.4 Å². The molecule has 0 rings (SSSR count). The van der Waals surface area contributed by atoms with E-state index in [0.29, 0.717) is 0 Å². The molecule has 0 spiro atoms. The summed E-state index contributed by atoms with van der Waals surface area (Å²) >= 11 is 0. The Balaban J connectivity index is -0.000000108. The minimum atomic E-state index is -2.44. The van der Waals surface area contributed by atoms with Gasteiger partial charge in [-0.1, -0.05) is 6.58 Å². The normalized spacial score (nSPS) is 11.3. The van der Waals surface area contributed by atoms with E-state index in [2.05, 4.69) is 6.58 Å². The average Bonchev–Trinajstić information content (AvgIpc) is 2.15. The Morgan fingerprint density at radius 3 is 1.22 bits per heavy atom. The molecule has 0 heterocycles. The minimum absolute atomic E-state index is 0. The molecule has 0 aromatic heterocycles. The molecule has 2 unspecified atom stereocenters.